The molecule has 0 aliphatic carbocycles. The molecule has 6 nitrogen and oxygen atoms in total. The van der Waals surface area contributed by atoms with Crippen LogP contribution in [0.2, 0.25) is 0 Å². The largest absolute Gasteiger partial charge is 0.493 e. The van der Waals surface area contributed by atoms with Crippen molar-refractivity contribution >= 4 is 28.0 Å². The number of nitrogens with zero attached hydrogens (tertiary/aromatic N) is 1. The van der Waals surface area contributed by atoms with Gasteiger partial charge in [-0.1, -0.05) is 6.07 Å². The van der Waals surface area contributed by atoms with Crippen LogP contribution in [0.15, 0.2) is 40.4 Å². The Kier molecular flexibility index (Phi) is 8.75. The number of hydrogen-bond acceptors (Lipinski definition) is 6. The predicted molar refractivity (Wildman–Crippen MR) is 118 cm³/mol. The van der Waals surface area contributed by atoms with Gasteiger partial charge in [0.05, 0.1) is 18.2 Å². The highest BCUT2D eigenvalue weighted by Gasteiger charge is 2.14. The smallest absolute Gasteiger partial charge is 0.348 e. The summed E-state index contributed by atoms with van der Waals surface area (Å²) in [7, 11) is 1.52. The maximum Gasteiger partial charge on any atom is 0.348 e. The molecule has 0 atom stereocenters. The molecule has 0 aliphatic heterocycles. The predicted octanol–water partition coefficient (Wildman–Crippen LogP) is 5.00. The van der Waals surface area contributed by atoms with Gasteiger partial charge in [-0.15, -0.1) is 0 Å². The molecule has 0 radical (unpaired) electrons. The standard InChI is InChI=1S/C23H24BrNO5/c1-5-28-23(26)18(14-25)11-17-12-20(24)22(21(13-17)27-4)30-9-8-29-19-7-6-15(2)16(3)10-19/h6-7,10-13H,5,8-9H2,1-4H3/b18-11+. The summed E-state index contributed by atoms with van der Waals surface area (Å²) in [4.78, 5) is 11.8. The summed E-state index contributed by atoms with van der Waals surface area (Å²) in [6.07, 6.45) is 1.44. The second kappa shape index (κ2) is 11.3. The topological polar surface area (TPSA) is 77.8 Å². The highest BCUT2D eigenvalue weighted by Crippen LogP contribution is 2.37. The van der Waals surface area contributed by atoms with Crippen LogP contribution in [0.3, 0.4) is 0 Å². The fourth-order valence-corrected chi connectivity index (χ4v) is 3.16. The van der Waals surface area contributed by atoms with E-state index in [-0.39, 0.29) is 12.2 Å². The fraction of sp³-hybridized carbons (Fsp3) is 0.304. The van der Waals surface area contributed by atoms with Crippen molar-refractivity contribution in [3.63, 3.8) is 0 Å². The first-order valence-electron chi connectivity index (χ1n) is 9.38. The Labute approximate surface area is 185 Å². The zero-order chi connectivity index (χ0) is 22.1. The van der Waals surface area contributed by atoms with Gasteiger partial charge >= 0.3 is 5.97 Å². The lowest BCUT2D eigenvalue weighted by Gasteiger charge is -2.14. The van der Waals surface area contributed by atoms with E-state index in [1.807, 2.05) is 31.2 Å². The Morgan fingerprint density at radius 3 is 2.50 bits per heavy atom. The van der Waals surface area contributed by atoms with Crippen molar-refractivity contribution in [2.75, 3.05) is 26.9 Å². The molecule has 2 aromatic carbocycles. The number of ether oxygens (including phenoxy) is 4. The molecule has 0 saturated heterocycles. The van der Waals surface area contributed by atoms with Crippen LogP contribution in [0.25, 0.3) is 6.08 Å². The van der Waals surface area contributed by atoms with E-state index in [9.17, 15) is 10.1 Å². The zero-order valence-corrected chi connectivity index (χ0v) is 19.0. The van der Waals surface area contributed by atoms with Gasteiger partial charge in [0.1, 0.15) is 30.6 Å². The lowest BCUT2D eigenvalue weighted by molar-refractivity contribution is -0.137. The summed E-state index contributed by atoms with van der Waals surface area (Å²) < 4.78 is 22.5. The average molecular weight is 474 g/mol. The highest BCUT2D eigenvalue weighted by molar-refractivity contribution is 9.10. The lowest BCUT2D eigenvalue weighted by atomic mass is 10.1. The molecule has 0 spiro atoms. The molecule has 0 bridgehead atoms. The van der Waals surface area contributed by atoms with Gasteiger partial charge in [-0.2, -0.15) is 5.26 Å². The number of methoxy groups -OCH3 is 1. The van der Waals surface area contributed by atoms with Gasteiger partial charge in [0.15, 0.2) is 11.5 Å². The number of hydrogen-bond donors (Lipinski definition) is 0. The molecule has 0 amide bonds. The number of benzene rings is 2. The maximum atomic E-state index is 11.8. The number of carbonyl (C=O) groups is 1. The molecule has 0 saturated carbocycles. The Morgan fingerprint density at radius 1 is 1.13 bits per heavy atom. The quantitative estimate of drug-likeness (QED) is 0.220. The van der Waals surface area contributed by atoms with Crippen LogP contribution in [-0.2, 0) is 9.53 Å². The van der Waals surface area contributed by atoms with Crippen molar-refractivity contribution in [2.24, 2.45) is 0 Å². The van der Waals surface area contributed by atoms with Crippen molar-refractivity contribution in [2.45, 2.75) is 20.8 Å². The molecule has 2 rings (SSSR count). The lowest BCUT2D eigenvalue weighted by Crippen LogP contribution is -2.10. The Morgan fingerprint density at radius 2 is 1.87 bits per heavy atom. The zero-order valence-electron chi connectivity index (χ0n) is 17.5. The van der Waals surface area contributed by atoms with E-state index in [1.165, 1.54) is 24.3 Å². The molecule has 0 heterocycles. The van der Waals surface area contributed by atoms with Gasteiger partial charge in [-0.3, -0.25) is 0 Å². The van der Waals surface area contributed by atoms with E-state index in [0.29, 0.717) is 34.7 Å². The molecular weight excluding hydrogens is 450 g/mol. The molecule has 0 fully saturated rings. The first-order valence-corrected chi connectivity index (χ1v) is 10.2. The average Bonchev–Trinajstić information content (AvgIpc) is 2.72. The number of esters is 1. The first kappa shape index (κ1) is 23.3. The SMILES string of the molecule is CCOC(=O)/C(C#N)=C/c1cc(Br)c(OCCOc2ccc(C)c(C)c2)c(OC)c1. The molecule has 7 heteroatoms. The third-order valence-corrected chi connectivity index (χ3v) is 4.84. The van der Waals surface area contributed by atoms with Gasteiger partial charge in [0.25, 0.3) is 0 Å². The summed E-state index contributed by atoms with van der Waals surface area (Å²) in [5.41, 5.74) is 2.88. The number of rotatable bonds is 9. The summed E-state index contributed by atoms with van der Waals surface area (Å²) in [5, 5.41) is 9.20. The molecule has 0 aromatic heterocycles. The number of nitriles is 1. The number of halogens is 1. The third-order valence-electron chi connectivity index (χ3n) is 4.26. The highest BCUT2D eigenvalue weighted by atomic mass is 79.9. The van der Waals surface area contributed by atoms with Crippen LogP contribution in [0.4, 0.5) is 0 Å². The summed E-state index contributed by atoms with van der Waals surface area (Å²) in [6, 6.07) is 11.2. The minimum atomic E-state index is -0.668. The normalized spacial score (nSPS) is 10.9. The van der Waals surface area contributed by atoms with Crippen molar-refractivity contribution in [1.82, 2.24) is 0 Å². The van der Waals surface area contributed by atoms with E-state index in [2.05, 4.69) is 22.9 Å². The van der Waals surface area contributed by atoms with Gasteiger partial charge in [0, 0.05) is 0 Å². The first-order chi connectivity index (χ1) is 14.4. The van der Waals surface area contributed by atoms with E-state index in [1.54, 1.807) is 19.1 Å². The number of aryl methyl sites for hydroxylation is 2. The Hall–Kier alpha value is -2.98. The van der Waals surface area contributed by atoms with Crippen molar-refractivity contribution in [1.29, 1.82) is 5.26 Å². The molecule has 158 valence electrons. The van der Waals surface area contributed by atoms with Crippen LogP contribution in [0, 0.1) is 25.2 Å². The van der Waals surface area contributed by atoms with Crippen LogP contribution in [0.5, 0.6) is 17.2 Å². The second-order valence-electron chi connectivity index (χ2n) is 6.37. The third kappa shape index (κ3) is 6.26. The van der Waals surface area contributed by atoms with E-state index >= 15 is 0 Å². The number of carbonyl (C=O) groups excluding carboxylic acids is 1. The monoisotopic (exact) mass is 473 g/mol. The fourth-order valence-electron chi connectivity index (χ4n) is 2.58. The van der Waals surface area contributed by atoms with Gasteiger partial charge in [-0.05, 0) is 83.7 Å². The van der Waals surface area contributed by atoms with Crippen LogP contribution < -0.4 is 14.2 Å². The molecule has 0 aliphatic rings. The van der Waals surface area contributed by atoms with Crippen molar-refractivity contribution in [3.05, 3.63) is 57.1 Å². The molecule has 30 heavy (non-hydrogen) atoms. The molecule has 0 unspecified atom stereocenters. The van der Waals surface area contributed by atoms with Crippen LogP contribution in [-0.4, -0.2) is 32.9 Å². The summed E-state index contributed by atoms with van der Waals surface area (Å²) in [5.74, 6) is 1.09. The van der Waals surface area contributed by atoms with Gasteiger partial charge in [0.2, 0.25) is 0 Å². The second-order valence-corrected chi connectivity index (χ2v) is 7.22. The molecular formula is C23H24BrNO5. The molecule has 0 N–H and O–H groups in total. The Bertz CT molecular complexity index is 978. The van der Waals surface area contributed by atoms with Gasteiger partial charge < -0.3 is 18.9 Å². The van der Waals surface area contributed by atoms with Crippen LogP contribution in [0.1, 0.15) is 23.6 Å². The summed E-state index contributed by atoms with van der Waals surface area (Å²) in [6.45, 7) is 6.64. The molecule has 2 aromatic rings. The van der Waals surface area contributed by atoms with E-state index in [4.69, 9.17) is 18.9 Å². The van der Waals surface area contributed by atoms with E-state index < -0.39 is 5.97 Å². The van der Waals surface area contributed by atoms with Crippen molar-refractivity contribution in [3.8, 4) is 23.3 Å². The van der Waals surface area contributed by atoms with Gasteiger partial charge in [-0.25, -0.2) is 4.79 Å². The minimum absolute atomic E-state index is 0.0961. The van der Waals surface area contributed by atoms with Crippen LogP contribution >= 0.6 is 15.9 Å². The minimum Gasteiger partial charge on any atom is -0.493 e. The maximum absolute atomic E-state index is 11.8. The van der Waals surface area contributed by atoms with E-state index in [0.717, 1.165) is 5.75 Å². The summed E-state index contributed by atoms with van der Waals surface area (Å²) >= 11 is 3.46. The Balaban J connectivity index is 2.09. The van der Waals surface area contributed by atoms with Crippen molar-refractivity contribution < 1.29 is 23.7 Å².